The van der Waals surface area contributed by atoms with Gasteiger partial charge in [0, 0.05) is 24.3 Å². The molecule has 1 aliphatic rings. The molecule has 2 heterocycles. The highest BCUT2D eigenvalue weighted by atomic mass is 16.5. The largest absolute Gasteiger partial charge is 0.465 e. The molecule has 1 fully saturated rings. The van der Waals surface area contributed by atoms with E-state index in [0.29, 0.717) is 17.8 Å². The molecule has 152 valence electrons. The maximum atomic E-state index is 13.0. The minimum Gasteiger partial charge on any atom is -0.465 e. The summed E-state index contributed by atoms with van der Waals surface area (Å²) in [7, 11) is 1.28. The Bertz CT molecular complexity index is 912. The number of aromatic nitrogens is 1. The SMILES string of the molecule is CCC1CCCCN1C(=O)c1cc(C(=O)Nc2ccccc2C(=O)OC)ccn1. The van der Waals surface area contributed by atoms with E-state index in [9.17, 15) is 14.4 Å². The van der Waals surface area contributed by atoms with Crippen LogP contribution < -0.4 is 5.32 Å². The summed E-state index contributed by atoms with van der Waals surface area (Å²) in [6, 6.07) is 9.85. The third kappa shape index (κ3) is 4.62. The molecule has 1 aromatic heterocycles. The quantitative estimate of drug-likeness (QED) is 0.783. The molecule has 3 rings (SSSR count). The Hall–Kier alpha value is -3.22. The van der Waals surface area contributed by atoms with Crippen molar-refractivity contribution < 1.29 is 19.1 Å². The second-order valence-electron chi connectivity index (χ2n) is 6.98. The number of amides is 2. The lowest BCUT2D eigenvalue weighted by Gasteiger charge is -2.35. The van der Waals surface area contributed by atoms with Gasteiger partial charge >= 0.3 is 5.97 Å². The minimum absolute atomic E-state index is 0.152. The number of rotatable bonds is 5. The lowest BCUT2D eigenvalue weighted by atomic mass is 9.99. The van der Waals surface area contributed by atoms with Crippen molar-refractivity contribution in [3.05, 3.63) is 59.4 Å². The predicted octanol–water partition coefficient (Wildman–Crippen LogP) is 3.53. The number of para-hydroxylation sites is 1. The monoisotopic (exact) mass is 395 g/mol. The maximum Gasteiger partial charge on any atom is 0.339 e. The van der Waals surface area contributed by atoms with Gasteiger partial charge in [0.15, 0.2) is 0 Å². The molecule has 1 N–H and O–H groups in total. The fourth-order valence-corrected chi connectivity index (χ4v) is 3.60. The van der Waals surface area contributed by atoms with Crippen LogP contribution in [0.1, 0.15) is 63.8 Å². The van der Waals surface area contributed by atoms with Crippen molar-refractivity contribution in [3.8, 4) is 0 Å². The number of nitrogens with zero attached hydrogens (tertiary/aromatic N) is 2. The first-order valence-electron chi connectivity index (χ1n) is 9.80. The molecule has 1 aliphatic heterocycles. The Kier molecular flexibility index (Phi) is 6.59. The van der Waals surface area contributed by atoms with E-state index in [4.69, 9.17) is 4.74 Å². The van der Waals surface area contributed by atoms with Crippen molar-refractivity contribution in [2.75, 3.05) is 19.0 Å². The molecule has 2 amide bonds. The van der Waals surface area contributed by atoms with Crippen molar-refractivity contribution in [2.45, 2.75) is 38.6 Å². The Morgan fingerprint density at radius 2 is 2.00 bits per heavy atom. The Morgan fingerprint density at radius 1 is 1.21 bits per heavy atom. The molecule has 1 unspecified atom stereocenters. The number of esters is 1. The number of likely N-dealkylation sites (tertiary alicyclic amines) is 1. The van der Waals surface area contributed by atoms with Crippen molar-refractivity contribution in [3.63, 3.8) is 0 Å². The highest BCUT2D eigenvalue weighted by molar-refractivity contribution is 6.08. The summed E-state index contributed by atoms with van der Waals surface area (Å²) in [6.45, 7) is 2.79. The highest BCUT2D eigenvalue weighted by Crippen LogP contribution is 2.22. The molecule has 0 bridgehead atoms. The fraction of sp³-hybridized carbons (Fsp3) is 0.364. The Balaban J connectivity index is 1.80. The number of benzene rings is 1. The molecular weight excluding hydrogens is 370 g/mol. The van der Waals surface area contributed by atoms with E-state index < -0.39 is 11.9 Å². The second-order valence-corrected chi connectivity index (χ2v) is 6.98. The molecule has 29 heavy (non-hydrogen) atoms. The summed E-state index contributed by atoms with van der Waals surface area (Å²) in [6.07, 6.45) is 5.45. The van der Waals surface area contributed by atoms with E-state index in [0.717, 1.165) is 25.7 Å². The van der Waals surface area contributed by atoms with Gasteiger partial charge in [0.05, 0.1) is 18.4 Å². The summed E-state index contributed by atoms with van der Waals surface area (Å²) >= 11 is 0. The van der Waals surface area contributed by atoms with Gasteiger partial charge in [0.1, 0.15) is 5.69 Å². The Morgan fingerprint density at radius 3 is 2.76 bits per heavy atom. The molecular formula is C22H25N3O4. The van der Waals surface area contributed by atoms with Gasteiger partial charge in [-0.1, -0.05) is 19.1 Å². The van der Waals surface area contributed by atoms with Crippen molar-refractivity contribution >= 4 is 23.5 Å². The summed E-state index contributed by atoms with van der Waals surface area (Å²) < 4.78 is 4.75. The molecule has 0 spiro atoms. The average molecular weight is 395 g/mol. The molecule has 7 nitrogen and oxygen atoms in total. The van der Waals surface area contributed by atoms with Crippen molar-refractivity contribution in [1.82, 2.24) is 9.88 Å². The number of hydrogen-bond acceptors (Lipinski definition) is 5. The number of pyridine rings is 1. The number of piperidine rings is 1. The van der Waals surface area contributed by atoms with Gasteiger partial charge in [-0.3, -0.25) is 14.6 Å². The highest BCUT2D eigenvalue weighted by Gasteiger charge is 2.27. The lowest BCUT2D eigenvalue weighted by molar-refractivity contribution is 0.0594. The van der Waals surface area contributed by atoms with E-state index in [-0.39, 0.29) is 23.2 Å². The number of hydrogen-bond donors (Lipinski definition) is 1. The molecule has 0 aliphatic carbocycles. The molecule has 0 radical (unpaired) electrons. The van der Waals surface area contributed by atoms with E-state index in [1.165, 1.54) is 19.4 Å². The molecule has 0 saturated carbocycles. The van der Waals surface area contributed by atoms with Gasteiger partial charge in [-0.15, -0.1) is 0 Å². The number of methoxy groups -OCH3 is 1. The van der Waals surface area contributed by atoms with Gasteiger partial charge < -0.3 is 15.0 Å². The number of anilines is 1. The number of carbonyl (C=O) groups is 3. The Labute approximate surface area is 170 Å². The van der Waals surface area contributed by atoms with Crippen LogP contribution in [0.3, 0.4) is 0 Å². The van der Waals surface area contributed by atoms with E-state index in [2.05, 4.69) is 17.2 Å². The van der Waals surface area contributed by atoms with Crippen LogP contribution in [0, 0.1) is 0 Å². The van der Waals surface area contributed by atoms with Crippen LogP contribution in [0.5, 0.6) is 0 Å². The van der Waals surface area contributed by atoms with Gasteiger partial charge in [-0.05, 0) is 49.9 Å². The number of ether oxygens (including phenoxy) is 1. The number of carbonyl (C=O) groups excluding carboxylic acids is 3. The van der Waals surface area contributed by atoms with Crippen LogP contribution in [0.4, 0.5) is 5.69 Å². The van der Waals surface area contributed by atoms with E-state index >= 15 is 0 Å². The molecule has 1 saturated heterocycles. The smallest absolute Gasteiger partial charge is 0.339 e. The second kappa shape index (κ2) is 9.32. The topological polar surface area (TPSA) is 88.6 Å². The lowest BCUT2D eigenvalue weighted by Crippen LogP contribution is -2.43. The molecule has 1 atom stereocenters. The maximum absolute atomic E-state index is 13.0. The van der Waals surface area contributed by atoms with Gasteiger partial charge in [-0.2, -0.15) is 0 Å². The zero-order valence-electron chi connectivity index (χ0n) is 16.7. The zero-order valence-corrected chi connectivity index (χ0v) is 16.7. The number of nitrogens with one attached hydrogen (secondary N) is 1. The van der Waals surface area contributed by atoms with Crippen LogP contribution in [0.15, 0.2) is 42.6 Å². The summed E-state index contributed by atoms with van der Waals surface area (Å²) in [4.78, 5) is 43.6. The van der Waals surface area contributed by atoms with Gasteiger partial charge in [-0.25, -0.2) is 4.79 Å². The van der Waals surface area contributed by atoms with Gasteiger partial charge in [0.25, 0.3) is 11.8 Å². The third-order valence-electron chi connectivity index (χ3n) is 5.18. The summed E-state index contributed by atoms with van der Waals surface area (Å²) in [5.41, 5.74) is 1.15. The fourth-order valence-electron chi connectivity index (χ4n) is 3.60. The van der Waals surface area contributed by atoms with Crippen LogP contribution in [0.25, 0.3) is 0 Å². The van der Waals surface area contributed by atoms with Gasteiger partial charge in [0.2, 0.25) is 0 Å². The van der Waals surface area contributed by atoms with E-state index in [1.807, 2.05) is 4.90 Å². The summed E-state index contributed by atoms with van der Waals surface area (Å²) in [5, 5.41) is 2.72. The van der Waals surface area contributed by atoms with Crippen LogP contribution >= 0.6 is 0 Å². The van der Waals surface area contributed by atoms with Crippen LogP contribution in [-0.4, -0.2) is 47.4 Å². The predicted molar refractivity (Wildman–Crippen MR) is 109 cm³/mol. The van der Waals surface area contributed by atoms with Crippen LogP contribution in [0.2, 0.25) is 0 Å². The molecule has 1 aromatic carbocycles. The average Bonchev–Trinajstić information content (AvgIpc) is 2.78. The first kappa shape index (κ1) is 20.5. The first-order valence-corrected chi connectivity index (χ1v) is 9.80. The van der Waals surface area contributed by atoms with Crippen molar-refractivity contribution in [2.24, 2.45) is 0 Å². The van der Waals surface area contributed by atoms with Crippen LogP contribution in [-0.2, 0) is 4.74 Å². The van der Waals surface area contributed by atoms with Crippen molar-refractivity contribution in [1.29, 1.82) is 0 Å². The zero-order chi connectivity index (χ0) is 20.8. The normalized spacial score (nSPS) is 16.2. The summed E-state index contributed by atoms with van der Waals surface area (Å²) in [5.74, 6) is -1.12. The van der Waals surface area contributed by atoms with E-state index in [1.54, 1.807) is 30.3 Å². The minimum atomic E-state index is -0.540. The third-order valence-corrected chi connectivity index (χ3v) is 5.18. The standard InChI is InChI=1S/C22H25N3O4/c1-3-16-8-6-7-13-25(16)21(27)19-14-15(11-12-23-19)20(26)24-18-10-5-4-9-17(18)22(28)29-2/h4-5,9-12,14,16H,3,6-8,13H2,1-2H3,(H,24,26). The first-order chi connectivity index (χ1) is 14.0. The molecule has 2 aromatic rings. The molecule has 7 heteroatoms.